The molecule has 0 aliphatic carbocycles. The number of hydrogen-bond acceptors (Lipinski definition) is 4. The van der Waals surface area contributed by atoms with Crippen LogP contribution in [0.25, 0.3) is 0 Å². The van der Waals surface area contributed by atoms with Gasteiger partial charge < -0.3 is 15.0 Å². The van der Waals surface area contributed by atoms with Crippen LogP contribution >= 0.6 is 11.8 Å². The molecule has 6 heteroatoms. The third kappa shape index (κ3) is 5.47. The highest BCUT2D eigenvalue weighted by Gasteiger charge is 2.42. The molecule has 2 atom stereocenters. The summed E-state index contributed by atoms with van der Waals surface area (Å²) in [6.45, 7) is 9.27. The van der Waals surface area contributed by atoms with E-state index in [2.05, 4.69) is 57.3 Å². The van der Waals surface area contributed by atoms with Gasteiger partial charge in [-0.15, -0.1) is 11.8 Å². The molecule has 2 unspecified atom stereocenters. The molecule has 1 aliphatic rings. The van der Waals surface area contributed by atoms with Crippen molar-refractivity contribution in [2.45, 2.75) is 57.4 Å². The number of nitrogens with one attached hydrogen (secondary N) is 1. The van der Waals surface area contributed by atoms with E-state index in [0.29, 0.717) is 23.6 Å². The van der Waals surface area contributed by atoms with Crippen molar-refractivity contribution in [1.82, 2.24) is 10.2 Å². The molecular formula is C26H34N2O3S. The van der Waals surface area contributed by atoms with Crippen molar-refractivity contribution in [2.75, 3.05) is 19.4 Å². The van der Waals surface area contributed by atoms with E-state index in [9.17, 15) is 9.59 Å². The lowest BCUT2D eigenvalue weighted by atomic mass is 9.86. The number of carbonyl (C=O) groups is 2. The molecule has 3 rings (SSSR count). The molecule has 2 aromatic carbocycles. The van der Waals surface area contributed by atoms with E-state index in [1.807, 2.05) is 0 Å². The van der Waals surface area contributed by atoms with Gasteiger partial charge in [-0.05, 0) is 47.2 Å². The molecule has 1 fully saturated rings. The lowest BCUT2D eigenvalue weighted by Gasteiger charge is -2.30. The highest BCUT2D eigenvalue weighted by atomic mass is 32.2. The molecule has 1 heterocycles. The van der Waals surface area contributed by atoms with Crippen LogP contribution in [0.5, 0.6) is 5.75 Å². The number of hydrogen-bond donors (Lipinski definition) is 1. The average Bonchev–Trinajstić information content (AvgIpc) is 3.23. The van der Waals surface area contributed by atoms with Gasteiger partial charge in [-0.25, -0.2) is 0 Å². The molecule has 1 N–H and O–H groups in total. The molecule has 0 spiro atoms. The molecule has 32 heavy (non-hydrogen) atoms. The van der Waals surface area contributed by atoms with Crippen molar-refractivity contribution < 1.29 is 14.3 Å². The maximum atomic E-state index is 13.6. The van der Waals surface area contributed by atoms with Gasteiger partial charge in [-0.2, -0.15) is 0 Å². The van der Waals surface area contributed by atoms with E-state index in [1.165, 1.54) is 5.56 Å². The summed E-state index contributed by atoms with van der Waals surface area (Å²) < 4.78 is 5.22. The number of methoxy groups -OCH3 is 1. The first-order valence-electron chi connectivity index (χ1n) is 11.2. The summed E-state index contributed by atoms with van der Waals surface area (Å²) in [6, 6.07) is 15.0. The van der Waals surface area contributed by atoms with Gasteiger partial charge in [0.2, 0.25) is 5.91 Å². The lowest BCUT2D eigenvalue weighted by Crippen LogP contribution is -2.48. The van der Waals surface area contributed by atoms with E-state index < -0.39 is 6.04 Å². The van der Waals surface area contributed by atoms with Crippen molar-refractivity contribution >= 4 is 23.6 Å². The number of ether oxygens (including phenoxy) is 1. The Hall–Kier alpha value is -2.47. The van der Waals surface area contributed by atoms with Gasteiger partial charge >= 0.3 is 0 Å². The van der Waals surface area contributed by atoms with E-state index in [1.54, 1.807) is 48.0 Å². The average molecular weight is 455 g/mol. The van der Waals surface area contributed by atoms with Crippen molar-refractivity contribution in [3.63, 3.8) is 0 Å². The minimum absolute atomic E-state index is 0.0572. The van der Waals surface area contributed by atoms with Crippen LogP contribution in [0.4, 0.5) is 0 Å². The third-order valence-electron chi connectivity index (χ3n) is 5.77. The first-order chi connectivity index (χ1) is 15.3. The Kier molecular flexibility index (Phi) is 7.88. The number of nitrogens with zero attached hydrogens (tertiary/aromatic N) is 1. The lowest BCUT2D eigenvalue weighted by molar-refractivity contribution is -0.124. The maximum absolute atomic E-state index is 13.6. The van der Waals surface area contributed by atoms with E-state index in [0.717, 1.165) is 18.4 Å². The Morgan fingerprint density at radius 1 is 1.09 bits per heavy atom. The van der Waals surface area contributed by atoms with Gasteiger partial charge in [0.05, 0.1) is 7.11 Å². The van der Waals surface area contributed by atoms with Gasteiger partial charge in [-0.3, -0.25) is 9.59 Å². The maximum Gasteiger partial charge on any atom is 0.255 e. The van der Waals surface area contributed by atoms with Gasteiger partial charge in [0.1, 0.15) is 17.2 Å². The summed E-state index contributed by atoms with van der Waals surface area (Å²) in [7, 11) is 1.60. The number of unbranched alkanes of at least 4 members (excludes halogenated alkanes) is 1. The van der Waals surface area contributed by atoms with Crippen LogP contribution in [-0.4, -0.2) is 42.2 Å². The van der Waals surface area contributed by atoms with Crippen LogP contribution in [0, 0.1) is 0 Å². The molecule has 172 valence electrons. The Morgan fingerprint density at radius 3 is 2.31 bits per heavy atom. The van der Waals surface area contributed by atoms with Gasteiger partial charge in [-0.1, -0.05) is 58.4 Å². The second kappa shape index (κ2) is 10.4. The zero-order valence-electron chi connectivity index (χ0n) is 19.7. The standard InChI is InChI=1S/C26H34N2O3S/c1-6-7-16-27-23(29)22-17-32-25(19-8-12-20(13-9-19)26(2,3)4)28(22)24(30)18-10-14-21(31-5)15-11-18/h8-15,22,25H,6-7,16-17H2,1-5H3,(H,27,29). The summed E-state index contributed by atoms with van der Waals surface area (Å²) in [5, 5.41) is 2.81. The molecule has 0 saturated carbocycles. The Morgan fingerprint density at radius 2 is 1.75 bits per heavy atom. The zero-order chi connectivity index (χ0) is 23.3. The van der Waals surface area contributed by atoms with Gasteiger partial charge in [0.25, 0.3) is 5.91 Å². The first-order valence-corrected chi connectivity index (χ1v) is 12.3. The van der Waals surface area contributed by atoms with Crippen molar-refractivity contribution in [3.8, 4) is 5.75 Å². The van der Waals surface area contributed by atoms with Gasteiger partial charge in [0.15, 0.2) is 0 Å². The SMILES string of the molecule is CCCCNC(=O)C1CSC(c2ccc(C(C)(C)C)cc2)N1C(=O)c1ccc(OC)cc1. The van der Waals surface area contributed by atoms with Crippen molar-refractivity contribution in [3.05, 3.63) is 65.2 Å². The predicted molar refractivity (Wildman–Crippen MR) is 131 cm³/mol. The van der Waals surface area contributed by atoms with Crippen molar-refractivity contribution in [2.24, 2.45) is 0 Å². The smallest absolute Gasteiger partial charge is 0.255 e. The Balaban J connectivity index is 1.91. The fourth-order valence-electron chi connectivity index (χ4n) is 3.75. The summed E-state index contributed by atoms with van der Waals surface area (Å²) >= 11 is 1.64. The molecule has 2 amide bonds. The topological polar surface area (TPSA) is 58.6 Å². The van der Waals surface area contributed by atoms with Gasteiger partial charge in [0, 0.05) is 17.9 Å². The molecular weight excluding hydrogens is 420 g/mol. The van der Waals surface area contributed by atoms with E-state index in [-0.39, 0.29) is 22.6 Å². The Labute approximate surface area is 195 Å². The summed E-state index contributed by atoms with van der Waals surface area (Å²) in [4.78, 5) is 28.3. The van der Waals surface area contributed by atoms with E-state index in [4.69, 9.17) is 4.74 Å². The fraction of sp³-hybridized carbons (Fsp3) is 0.462. The minimum Gasteiger partial charge on any atom is -0.497 e. The normalized spacial score (nSPS) is 18.5. The largest absolute Gasteiger partial charge is 0.497 e. The van der Waals surface area contributed by atoms with Crippen LogP contribution in [0.1, 0.15) is 67.4 Å². The summed E-state index contributed by atoms with van der Waals surface area (Å²) in [5.74, 6) is 1.05. The highest BCUT2D eigenvalue weighted by Crippen LogP contribution is 2.42. The monoisotopic (exact) mass is 454 g/mol. The second-order valence-corrected chi connectivity index (χ2v) is 10.3. The third-order valence-corrected chi connectivity index (χ3v) is 7.09. The number of thioether (sulfide) groups is 1. The second-order valence-electron chi connectivity index (χ2n) is 9.16. The molecule has 2 aromatic rings. The minimum atomic E-state index is -0.501. The highest BCUT2D eigenvalue weighted by molar-refractivity contribution is 7.99. The number of benzene rings is 2. The quantitative estimate of drug-likeness (QED) is 0.587. The first kappa shape index (κ1) is 24.2. The molecule has 5 nitrogen and oxygen atoms in total. The predicted octanol–water partition coefficient (Wildman–Crippen LogP) is 5.17. The van der Waals surface area contributed by atoms with Crippen LogP contribution in [0.15, 0.2) is 48.5 Å². The zero-order valence-corrected chi connectivity index (χ0v) is 20.5. The fourth-order valence-corrected chi connectivity index (χ4v) is 5.18. The van der Waals surface area contributed by atoms with E-state index >= 15 is 0 Å². The molecule has 0 bridgehead atoms. The number of amides is 2. The Bertz CT molecular complexity index is 920. The van der Waals surface area contributed by atoms with Crippen LogP contribution < -0.4 is 10.1 Å². The summed E-state index contributed by atoms with van der Waals surface area (Å²) in [6.07, 6.45) is 1.94. The number of rotatable bonds is 7. The van der Waals surface area contributed by atoms with Crippen LogP contribution in [0.2, 0.25) is 0 Å². The summed E-state index contributed by atoms with van der Waals surface area (Å²) in [5.41, 5.74) is 2.89. The molecule has 0 aromatic heterocycles. The van der Waals surface area contributed by atoms with Crippen molar-refractivity contribution in [1.29, 1.82) is 0 Å². The number of carbonyl (C=O) groups excluding carboxylic acids is 2. The molecule has 1 saturated heterocycles. The molecule has 1 aliphatic heterocycles. The van der Waals surface area contributed by atoms with Crippen LogP contribution in [0.3, 0.4) is 0 Å². The van der Waals surface area contributed by atoms with Crippen LogP contribution in [-0.2, 0) is 10.2 Å². The molecule has 0 radical (unpaired) electrons.